The van der Waals surface area contributed by atoms with Gasteiger partial charge in [0.1, 0.15) is 0 Å². The van der Waals surface area contributed by atoms with E-state index < -0.39 is 5.41 Å². The SMILES string of the molecule is CC(C)C1(C)CC(=O)N(c2ccc(I)cc2)C1=O. The fraction of sp³-hybridized carbons (Fsp3) is 0.429. The molecule has 4 heteroatoms. The van der Waals surface area contributed by atoms with Gasteiger partial charge in [0.05, 0.1) is 11.1 Å². The number of imide groups is 1. The van der Waals surface area contributed by atoms with Crippen molar-refractivity contribution in [1.29, 1.82) is 0 Å². The first kappa shape index (κ1) is 13.5. The lowest BCUT2D eigenvalue weighted by molar-refractivity contribution is -0.126. The van der Waals surface area contributed by atoms with Gasteiger partial charge in [0.25, 0.3) is 0 Å². The zero-order chi connectivity index (χ0) is 13.5. The molecular weight excluding hydrogens is 341 g/mol. The summed E-state index contributed by atoms with van der Waals surface area (Å²) in [4.78, 5) is 25.9. The number of nitrogens with zero attached hydrogens (tertiary/aromatic N) is 1. The first-order chi connectivity index (χ1) is 8.36. The normalized spacial score (nSPS) is 24.2. The number of hydrogen-bond acceptors (Lipinski definition) is 2. The number of amides is 2. The van der Waals surface area contributed by atoms with Crippen molar-refractivity contribution in [3.8, 4) is 0 Å². The molecule has 1 saturated heterocycles. The van der Waals surface area contributed by atoms with Crippen molar-refractivity contribution in [3.63, 3.8) is 0 Å². The van der Waals surface area contributed by atoms with E-state index in [0.29, 0.717) is 12.1 Å². The Labute approximate surface area is 121 Å². The van der Waals surface area contributed by atoms with E-state index in [2.05, 4.69) is 22.6 Å². The van der Waals surface area contributed by atoms with Gasteiger partial charge >= 0.3 is 0 Å². The average molecular weight is 357 g/mol. The van der Waals surface area contributed by atoms with Crippen LogP contribution < -0.4 is 4.90 Å². The van der Waals surface area contributed by atoms with Gasteiger partial charge in [0.2, 0.25) is 11.8 Å². The molecule has 18 heavy (non-hydrogen) atoms. The minimum atomic E-state index is -0.569. The van der Waals surface area contributed by atoms with Crippen molar-refractivity contribution < 1.29 is 9.59 Å². The molecule has 0 aliphatic carbocycles. The van der Waals surface area contributed by atoms with Gasteiger partial charge in [-0.2, -0.15) is 0 Å². The van der Waals surface area contributed by atoms with Crippen LogP contribution in [-0.2, 0) is 9.59 Å². The molecule has 2 amide bonds. The van der Waals surface area contributed by atoms with Gasteiger partial charge in [-0.15, -0.1) is 0 Å². The molecule has 0 spiro atoms. The van der Waals surface area contributed by atoms with Crippen LogP contribution in [0.5, 0.6) is 0 Å². The summed E-state index contributed by atoms with van der Waals surface area (Å²) < 4.78 is 1.09. The molecule has 1 unspecified atom stereocenters. The molecule has 0 saturated carbocycles. The van der Waals surface area contributed by atoms with Gasteiger partial charge in [-0.1, -0.05) is 13.8 Å². The lowest BCUT2D eigenvalue weighted by atomic mass is 9.78. The van der Waals surface area contributed by atoms with Gasteiger partial charge in [-0.3, -0.25) is 14.5 Å². The topological polar surface area (TPSA) is 37.4 Å². The van der Waals surface area contributed by atoms with Gasteiger partial charge < -0.3 is 0 Å². The van der Waals surface area contributed by atoms with Gasteiger partial charge in [-0.25, -0.2) is 0 Å². The van der Waals surface area contributed by atoms with Crippen molar-refractivity contribution >= 4 is 40.1 Å². The Bertz CT molecular complexity index is 495. The summed E-state index contributed by atoms with van der Waals surface area (Å²) in [6.45, 7) is 5.86. The molecular formula is C14H16INO2. The molecule has 0 aromatic heterocycles. The Morgan fingerprint density at radius 3 is 2.22 bits per heavy atom. The van der Waals surface area contributed by atoms with E-state index >= 15 is 0 Å². The van der Waals surface area contributed by atoms with Crippen LogP contribution in [0, 0.1) is 14.9 Å². The molecule has 1 fully saturated rings. The van der Waals surface area contributed by atoms with Gasteiger partial charge in [0.15, 0.2) is 0 Å². The molecule has 0 bridgehead atoms. The Morgan fingerprint density at radius 1 is 1.22 bits per heavy atom. The first-order valence-corrected chi connectivity index (χ1v) is 7.07. The maximum atomic E-state index is 12.5. The summed E-state index contributed by atoms with van der Waals surface area (Å²) in [5, 5.41) is 0. The van der Waals surface area contributed by atoms with Crippen LogP contribution in [0.2, 0.25) is 0 Å². The summed E-state index contributed by atoms with van der Waals surface area (Å²) in [6, 6.07) is 7.45. The highest BCUT2D eigenvalue weighted by Gasteiger charge is 2.50. The second-order valence-corrected chi connectivity index (χ2v) is 6.51. The van der Waals surface area contributed by atoms with E-state index in [1.165, 1.54) is 4.90 Å². The second kappa shape index (κ2) is 4.64. The monoisotopic (exact) mass is 357 g/mol. The van der Waals surface area contributed by atoms with Crippen molar-refractivity contribution in [2.45, 2.75) is 27.2 Å². The van der Waals surface area contributed by atoms with Crippen LogP contribution in [0.15, 0.2) is 24.3 Å². The summed E-state index contributed by atoms with van der Waals surface area (Å²) in [5.41, 5.74) is 0.106. The van der Waals surface area contributed by atoms with Crippen LogP contribution in [0.3, 0.4) is 0 Å². The molecule has 1 aliphatic heterocycles. The first-order valence-electron chi connectivity index (χ1n) is 5.99. The Kier molecular flexibility index (Phi) is 3.49. The van der Waals surface area contributed by atoms with Crippen LogP contribution in [-0.4, -0.2) is 11.8 Å². The van der Waals surface area contributed by atoms with E-state index in [0.717, 1.165) is 3.57 Å². The largest absolute Gasteiger partial charge is 0.274 e. The fourth-order valence-corrected chi connectivity index (χ4v) is 2.50. The molecule has 1 atom stereocenters. The molecule has 0 N–H and O–H groups in total. The molecule has 1 aliphatic rings. The molecule has 0 radical (unpaired) electrons. The quantitative estimate of drug-likeness (QED) is 0.602. The number of hydrogen-bond donors (Lipinski definition) is 0. The van der Waals surface area contributed by atoms with Gasteiger partial charge in [0, 0.05) is 9.99 Å². The molecule has 2 rings (SSSR count). The third-order valence-electron chi connectivity index (χ3n) is 3.82. The fourth-order valence-electron chi connectivity index (χ4n) is 2.14. The molecule has 1 aromatic rings. The van der Waals surface area contributed by atoms with E-state index in [9.17, 15) is 9.59 Å². The highest BCUT2D eigenvalue weighted by atomic mass is 127. The minimum absolute atomic E-state index is 0.0799. The maximum absolute atomic E-state index is 12.5. The van der Waals surface area contributed by atoms with E-state index in [4.69, 9.17) is 0 Å². The summed E-state index contributed by atoms with van der Waals surface area (Å²) >= 11 is 2.20. The zero-order valence-corrected chi connectivity index (χ0v) is 12.9. The third-order valence-corrected chi connectivity index (χ3v) is 4.54. The summed E-state index contributed by atoms with van der Waals surface area (Å²) in [5.74, 6) is -0.0242. The van der Waals surface area contributed by atoms with Crippen molar-refractivity contribution in [1.82, 2.24) is 0 Å². The van der Waals surface area contributed by atoms with Crippen molar-refractivity contribution in [2.24, 2.45) is 11.3 Å². The lowest BCUT2D eigenvalue weighted by Crippen LogP contribution is -2.36. The van der Waals surface area contributed by atoms with Crippen LogP contribution in [0.4, 0.5) is 5.69 Å². The Morgan fingerprint density at radius 2 is 1.78 bits per heavy atom. The number of halogens is 1. The molecule has 1 aromatic carbocycles. The van der Waals surface area contributed by atoms with E-state index in [1.54, 1.807) is 0 Å². The predicted octanol–water partition coefficient (Wildman–Crippen LogP) is 3.22. The number of benzene rings is 1. The molecule has 1 heterocycles. The standard InChI is InChI=1S/C14H16INO2/c1-9(2)14(3)8-12(17)16(13(14)18)11-6-4-10(15)5-7-11/h4-7,9H,8H2,1-3H3. The van der Waals surface area contributed by atoms with Crippen LogP contribution >= 0.6 is 22.6 Å². The predicted molar refractivity (Wildman–Crippen MR) is 79.2 cm³/mol. The molecule has 3 nitrogen and oxygen atoms in total. The zero-order valence-electron chi connectivity index (χ0n) is 10.7. The highest BCUT2D eigenvalue weighted by molar-refractivity contribution is 14.1. The maximum Gasteiger partial charge on any atom is 0.240 e. The van der Waals surface area contributed by atoms with Crippen molar-refractivity contribution in [2.75, 3.05) is 4.90 Å². The Balaban J connectivity index is 2.38. The van der Waals surface area contributed by atoms with E-state index in [1.807, 2.05) is 45.0 Å². The van der Waals surface area contributed by atoms with Crippen molar-refractivity contribution in [3.05, 3.63) is 27.8 Å². The lowest BCUT2D eigenvalue weighted by Gasteiger charge is -2.26. The molecule has 96 valence electrons. The Hall–Kier alpha value is -0.910. The van der Waals surface area contributed by atoms with Gasteiger partial charge in [-0.05, 0) is 59.7 Å². The smallest absolute Gasteiger partial charge is 0.240 e. The number of carbonyl (C=O) groups is 2. The average Bonchev–Trinajstić information content (AvgIpc) is 2.53. The number of rotatable bonds is 2. The second-order valence-electron chi connectivity index (χ2n) is 5.26. The minimum Gasteiger partial charge on any atom is -0.274 e. The summed E-state index contributed by atoms with van der Waals surface area (Å²) in [7, 11) is 0. The van der Waals surface area contributed by atoms with E-state index in [-0.39, 0.29) is 17.7 Å². The number of anilines is 1. The third kappa shape index (κ3) is 2.06. The summed E-state index contributed by atoms with van der Waals surface area (Å²) in [6.07, 6.45) is 0.301. The highest BCUT2D eigenvalue weighted by Crippen LogP contribution is 2.41. The number of carbonyl (C=O) groups excluding carboxylic acids is 2. The van der Waals surface area contributed by atoms with Crippen LogP contribution in [0.1, 0.15) is 27.2 Å². The van der Waals surface area contributed by atoms with Crippen LogP contribution in [0.25, 0.3) is 0 Å².